The fraction of sp³-hybridized carbons (Fsp3) is 0.286. The zero-order valence-electron chi connectivity index (χ0n) is 15.7. The fourth-order valence-electron chi connectivity index (χ4n) is 3.11. The lowest BCUT2D eigenvalue weighted by molar-refractivity contribution is -0.384. The van der Waals surface area contributed by atoms with Crippen LogP contribution in [0.1, 0.15) is 27.9 Å². The molecule has 28 heavy (non-hydrogen) atoms. The summed E-state index contributed by atoms with van der Waals surface area (Å²) in [6.07, 6.45) is 1.95. The quantitative estimate of drug-likeness (QED) is 0.385. The topological polar surface area (TPSA) is 69.4 Å². The summed E-state index contributed by atoms with van der Waals surface area (Å²) < 4.78 is 4.95. The van der Waals surface area contributed by atoms with Crippen LogP contribution in [0, 0.1) is 17.0 Å². The van der Waals surface area contributed by atoms with Crippen LogP contribution in [0.15, 0.2) is 59.5 Å². The maximum absolute atomic E-state index is 12.2. The van der Waals surface area contributed by atoms with Gasteiger partial charge in [-0.3, -0.25) is 10.1 Å². The number of nitro groups is 1. The Morgan fingerprint density at radius 3 is 2.32 bits per heavy atom. The minimum absolute atomic E-state index is 0.0562. The molecular weight excluding hydrogens is 394 g/mol. The van der Waals surface area contributed by atoms with Crippen LogP contribution in [0.4, 0.5) is 5.69 Å². The summed E-state index contributed by atoms with van der Waals surface area (Å²) >= 11 is 3.33. The van der Waals surface area contributed by atoms with Crippen molar-refractivity contribution in [3.8, 4) is 0 Å². The Labute approximate surface area is 172 Å². The number of hydrogen-bond acceptors (Lipinski definition) is 6. The number of ether oxygens (including phenoxy) is 1. The van der Waals surface area contributed by atoms with E-state index in [2.05, 4.69) is 31.2 Å². The average molecular weight is 416 g/mol. The third kappa shape index (κ3) is 4.77. The van der Waals surface area contributed by atoms with E-state index < -0.39 is 4.92 Å². The number of esters is 1. The van der Waals surface area contributed by atoms with Gasteiger partial charge in [0, 0.05) is 34.8 Å². The van der Waals surface area contributed by atoms with E-state index in [1.54, 1.807) is 12.1 Å². The highest BCUT2D eigenvalue weighted by atomic mass is 32.2. The molecule has 0 saturated heterocycles. The molecule has 1 aliphatic heterocycles. The number of allylic oxidation sites excluding steroid dienone is 1. The van der Waals surface area contributed by atoms with Crippen molar-refractivity contribution in [3.05, 3.63) is 86.3 Å². The van der Waals surface area contributed by atoms with Gasteiger partial charge in [0.2, 0.25) is 0 Å². The molecule has 1 aliphatic rings. The number of rotatable bonds is 4. The highest BCUT2D eigenvalue weighted by Gasteiger charge is 2.28. The van der Waals surface area contributed by atoms with Gasteiger partial charge in [-0.05, 0) is 18.1 Å². The zero-order valence-corrected chi connectivity index (χ0v) is 17.3. The first-order valence-electron chi connectivity index (χ1n) is 8.85. The maximum Gasteiger partial charge on any atom is 0.344 e. The molecular formula is C21H21NO4S2. The van der Waals surface area contributed by atoms with Crippen molar-refractivity contribution in [1.29, 1.82) is 0 Å². The SMILES string of the molecule is COC(=O)/C1=C/C(c2ccc([N+](=O)[O-])cc2)C(c2ccc(C)cc2)SCCS1. The Morgan fingerprint density at radius 1 is 1.07 bits per heavy atom. The molecule has 5 nitrogen and oxygen atoms in total. The molecule has 2 unspecified atom stereocenters. The predicted molar refractivity (Wildman–Crippen MR) is 115 cm³/mol. The van der Waals surface area contributed by atoms with E-state index in [1.807, 2.05) is 17.8 Å². The van der Waals surface area contributed by atoms with Gasteiger partial charge in [-0.15, -0.1) is 11.8 Å². The number of hydrogen-bond donors (Lipinski definition) is 0. The molecule has 0 saturated carbocycles. The molecule has 0 N–H and O–H groups in total. The molecule has 0 amide bonds. The van der Waals surface area contributed by atoms with Gasteiger partial charge in [-0.2, -0.15) is 11.8 Å². The molecule has 0 aliphatic carbocycles. The second kappa shape index (κ2) is 9.30. The molecule has 0 bridgehead atoms. The first-order chi connectivity index (χ1) is 13.5. The second-order valence-electron chi connectivity index (χ2n) is 6.45. The number of carbonyl (C=O) groups is 1. The van der Waals surface area contributed by atoms with Gasteiger partial charge in [0.1, 0.15) is 0 Å². The van der Waals surface area contributed by atoms with Crippen LogP contribution in [-0.4, -0.2) is 29.5 Å². The molecule has 146 valence electrons. The fourth-order valence-corrected chi connectivity index (χ4v) is 5.53. The number of thioether (sulfide) groups is 2. The van der Waals surface area contributed by atoms with Crippen molar-refractivity contribution in [1.82, 2.24) is 0 Å². The molecule has 0 radical (unpaired) electrons. The summed E-state index contributed by atoms with van der Waals surface area (Å²) in [5.74, 6) is 1.27. The molecule has 0 aromatic heterocycles. The van der Waals surface area contributed by atoms with Crippen LogP contribution in [0.3, 0.4) is 0 Å². The predicted octanol–water partition coefficient (Wildman–Crippen LogP) is 5.27. The van der Waals surface area contributed by atoms with Crippen molar-refractivity contribution in [2.75, 3.05) is 18.6 Å². The van der Waals surface area contributed by atoms with Crippen molar-refractivity contribution in [2.45, 2.75) is 18.1 Å². The first kappa shape index (κ1) is 20.5. The van der Waals surface area contributed by atoms with Gasteiger partial charge in [0.05, 0.1) is 16.9 Å². The van der Waals surface area contributed by atoms with Gasteiger partial charge in [0.25, 0.3) is 5.69 Å². The molecule has 0 spiro atoms. The Morgan fingerprint density at radius 2 is 1.71 bits per heavy atom. The zero-order chi connectivity index (χ0) is 20.1. The lowest BCUT2D eigenvalue weighted by Gasteiger charge is -2.28. The van der Waals surface area contributed by atoms with E-state index in [0.717, 1.165) is 17.1 Å². The summed E-state index contributed by atoms with van der Waals surface area (Å²) in [6, 6.07) is 15.0. The van der Waals surface area contributed by atoms with Crippen LogP contribution < -0.4 is 0 Å². The number of nitro benzene ring substituents is 1. The van der Waals surface area contributed by atoms with Crippen molar-refractivity contribution in [3.63, 3.8) is 0 Å². The molecule has 0 fully saturated rings. The van der Waals surface area contributed by atoms with Crippen LogP contribution in [-0.2, 0) is 9.53 Å². The van der Waals surface area contributed by atoms with Crippen LogP contribution >= 0.6 is 23.5 Å². The smallest absolute Gasteiger partial charge is 0.344 e. The number of benzene rings is 2. The summed E-state index contributed by atoms with van der Waals surface area (Å²) in [7, 11) is 1.38. The lowest BCUT2D eigenvalue weighted by Crippen LogP contribution is -2.14. The monoisotopic (exact) mass is 415 g/mol. The van der Waals surface area contributed by atoms with E-state index in [0.29, 0.717) is 4.91 Å². The van der Waals surface area contributed by atoms with Gasteiger partial charge in [0.15, 0.2) is 0 Å². The van der Waals surface area contributed by atoms with Crippen molar-refractivity contribution < 1.29 is 14.5 Å². The maximum atomic E-state index is 12.2. The van der Waals surface area contributed by atoms with Gasteiger partial charge in [-0.1, -0.05) is 48.0 Å². The summed E-state index contributed by atoms with van der Waals surface area (Å²) in [6.45, 7) is 2.05. The standard InChI is InChI=1S/C21H21NO4S2/c1-14-3-5-16(6-4-14)20-18(15-7-9-17(10-8-15)22(24)25)13-19(21(23)26-2)27-11-12-28-20/h3-10,13,18,20H,11-12H2,1-2H3/b19-13-. The number of aryl methyl sites for hydroxylation is 1. The molecule has 7 heteroatoms. The normalized spacial score (nSPS) is 21.7. The Kier molecular flexibility index (Phi) is 6.80. The Bertz CT molecular complexity index is 878. The highest BCUT2D eigenvalue weighted by molar-refractivity contribution is 8.06. The van der Waals surface area contributed by atoms with Gasteiger partial charge >= 0.3 is 5.97 Å². The number of non-ortho nitro benzene ring substituents is 1. The molecule has 2 aromatic rings. The minimum Gasteiger partial charge on any atom is -0.465 e. The summed E-state index contributed by atoms with van der Waals surface area (Å²) in [5.41, 5.74) is 3.35. The van der Waals surface area contributed by atoms with E-state index in [1.165, 1.54) is 42.1 Å². The third-order valence-electron chi connectivity index (χ3n) is 4.58. The van der Waals surface area contributed by atoms with Crippen molar-refractivity contribution >= 4 is 35.2 Å². The summed E-state index contributed by atoms with van der Waals surface area (Å²) in [5, 5.41) is 11.1. The van der Waals surface area contributed by atoms with E-state index in [-0.39, 0.29) is 22.8 Å². The second-order valence-corrected chi connectivity index (χ2v) is 8.83. The van der Waals surface area contributed by atoms with Crippen molar-refractivity contribution in [2.24, 2.45) is 0 Å². The third-order valence-corrected chi connectivity index (χ3v) is 7.22. The Hall–Kier alpha value is -2.25. The Balaban J connectivity index is 2.07. The van der Waals surface area contributed by atoms with Crippen LogP contribution in [0.25, 0.3) is 0 Å². The lowest BCUT2D eigenvalue weighted by atomic mass is 9.90. The average Bonchev–Trinajstić information content (AvgIpc) is 2.69. The minimum atomic E-state index is -0.403. The first-order valence-corrected chi connectivity index (χ1v) is 10.9. The van der Waals surface area contributed by atoms with Crippen LogP contribution in [0.2, 0.25) is 0 Å². The molecule has 2 aromatic carbocycles. The number of carbonyl (C=O) groups excluding carboxylic acids is 1. The molecule has 1 heterocycles. The molecule has 3 rings (SSSR count). The summed E-state index contributed by atoms with van der Waals surface area (Å²) in [4.78, 5) is 23.4. The van der Waals surface area contributed by atoms with E-state index >= 15 is 0 Å². The number of methoxy groups -OCH3 is 1. The molecule has 2 atom stereocenters. The van der Waals surface area contributed by atoms with Gasteiger partial charge in [-0.25, -0.2) is 4.79 Å². The van der Waals surface area contributed by atoms with Crippen LogP contribution in [0.5, 0.6) is 0 Å². The number of nitrogens with zero attached hydrogens (tertiary/aromatic N) is 1. The van der Waals surface area contributed by atoms with E-state index in [9.17, 15) is 14.9 Å². The van der Waals surface area contributed by atoms with Gasteiger partial charge < -0.3 is 4.74 Å². The van der Waals surface area contributed by atoms with E-state index in [4.69, 9.17) is 4.74 Å². The highest BCUT2D eigenvalue weighted by Crippen LogP contribution is 2.46. The largest absolute Gasteiger partial charge is 0.465 e.